The van der Waals surface area contributed by atoms with Gasteiger partial charge in [-0.25, -0.2) is 9.78 Å². The Balaban J connectivity index is 1.80. The molecule has 0 saturated carbocycles. The van der Waals surface area contributed by atoms with E-state index in [9.17, 15) is 4.79 Å². The maximum atomic E-state index is 12.1. The van der Waals surface area contributed by atoms with Crippen molar-refractivity contribution in [3.05, 3.63) is 47.2 Å². The van der Waals surface area contributed by atoms with Crippen molar-refractivity contribution in [2.45, 2.75) is 12.8 Å². The minimum atomic E-state index is -0.220. The molecular weight excluding hydrogens is 276 g/mol. The summed E-state index contributed by atoms with van der Waals surface area (Å²) in [5, 5.41) is 1.15. The fourth-order valence-corrected chi connectivity index (χ4v) is 2.58. The molecule has 0 atom stereocenters. The van der Waals surface area contributed by atoms with Crippen molar-refractivity contribution >= 4 is 22.9 Å². The van der Waals surface area contributed by atoms with Gasteiger partial charge in [-0.05, 0) is 50.7 Å². The van der Waals surface area contributed by atoms with Crippen LogP contribution >= 0.6 is 0 Å². The number of carbonyl (C=O) groups is 1. The van der Waals surface area contributed by atoms with Crippen LogP contribution in [0.2, 0.25) is 0 Å². The number of hydrogen-bond acceptors (Lipinski definition) is 4. The average molecular weight is 296 g/mol. The number of aryl methyl sites for hydroxylation is 1. The predicted octanol–water partition coefficient (Wildman–Crippen LogP) is 2.67. The summed E-state index contributed by atoms with van der Waals surface area (Å²) < 4.78 is 5.32. The maximum Gasteiger partial charge on any atom is 0.334 e. The molecule has 4 nitrogen and oxygen atoms in total. The molecule has 0 radical (unpaired) electrons. The molecule has 1 aliphatic rings. The lowest BCUT2D eigenvalue weighted by Gasteiger charge is -2.16. The van der Waals surface area contributed by atoms with Crippen molar-refractivity contribution in [1.82, 2.24) is 9.88 Å². The molecule has 0 bridgehead atoms. The van der Waals surface area contributed by atoms with Gasteiger partial charge in [0.2, 0.25) is 0 Å². The third-order valence-corrected chi connectivity index (χ3v) is 3.84. The summed E-state index contributed by atoms with van der Waals surface area (Å²) >= 11 is 0. The van der Waals surface area contributed by atoms with Crippen LogP contribution in [0, 0.1) is 0 Å². The Morgan fingerprint density at radius 3 is 2.91 bits per heavy atom. The van der Waals surface area contributed by atoms with E-state index in [2.05, 4.69) is 17.1 Å². The first-order valence-electron chi connectivity index (χ1n) is 7.54. The minimum absolute atomic E-state index is 0.220. The number of rotatable bonds is 4. The third-order valence-electron chi connectivity index (χ3n) is 3.84. The van der Waals surface area contributed by atoms with Gasteiger partial charge in [0.05, 0.1) is 11.2 Å². The number of pyridine rings is 1. The molecule has 0 unspecified atom stereocenters. The Hall–Kier alpha value is -2.20. The molecule has 1 aliphatic carbocycles. The van der Waals surface area contributed by atoms with Gasteiger partial charge in [0.15, 0.2) is 0 Å². The first-order chi connectivity index (χ1) is 10.6. The number of para-hydroxylation sites is 1. The number of nitrogens with zero attached hydrogens (tertiary/aromatic N) is 2. The van der Waals surface area contributed by atoms with E-state index in [1.807, 2.05) is 43.3 Å². The quantitative estimate of drug-likeness (QED) is 0.814. The van der Waals surface area contributed by atoms with Crippen LogP contribution in [0.15, 0.2) is 35.9 Å². The number of likely N-dealkylation sites (N-methyl/N-ethyl adjacent to an activating group) is 1. The second-order valence-electron chi connectivity index (χ2n) is 5.83. The van der Waals surface area contributed by atoms with Crippen molar-refractivity contribution in [2.75, 3.05) is 27.2 Å². The number of benzene rings is 1. The molecule has 1 aromatic carbocycles. The molecule has 0 spiro atoms. The summed E-state index contributed by atoms with van der Waals surface area (Å²) in [6, 6.07) is 10.2. The maximum absolute atomic E-state index is 12.1. The van der Waals surface area contributed by atoms with E-state index < -0.39 is 0 Å². The highest BCUT2D eigenvalue weighted by atomic mass is 16.5. The van der Waals surface area contributed by atoms with Crippen LogP contribution in [-0.4, -0.2) is 43.1 Å². The molecule has 0 saturated heterocycles. The summed E-state index contributed by atoms with van der Waals surface area (Å²) in [7, 11) is 3.91. The highest BCUT2D eigenvalue weighted by molar-refractivity contribution is 5.95. The number of carbonyl (C=O) groups excluding carboxylic acids is 1. The van der Waals surface area contributed by atoms with Gasteiger partial charge >= 0.3 is 5.97 Å². The summed E-state index contributed by atoms with van der Waals surface area (Å²) in [5.74, 6) is -0.220. The first-order valence-corrected chi connectivity index (χ1v) is 7.54. The molecule has 0 amide bonds. The Kier molecular flexibility index (Phi) is 4.20. The minimum Gasteiger partial charge on any atom is -0.461 e. The van der Waals surface area contributed by atoms with Gasteiger partial charge in [-0.15, -0.1) is 0 Å². The van der Waals surface area contributed by atoms with Gasteiger partial charge in [0.1, 0.15) is 6.61 Å². The molecule has 2 aromatic rings. The molecule has 0 aliphatic heterocycles. The van der Waals surface area contributed by atoms with E-state index in [-0.39, 0.29) is 5.97 Å². The van der Waals surface area contributed by atoms with Crippen molar-refractivity contribution < 1.29 is 9.53 Å². The zero-order chi connectivity index (χ0) is 15.5. The summed E-state index contributed by atoms with van der Waals surface area (Å²) in [4.78, 5) is 18.8. The van der Waals surface area contributed by atoms with Gasteiger partial charge < -0.3 is 9.64 Å². The average Bonchev–Trinajstić information content (AvgIpc) is 2.51. The van der Waals surface area contributed by atoms with E-state index in [0.29, 0.717) is 18.6 Å². The molecule has 3 rings (SSSR count). The molecule has 1 aromatic heterocycles. The van der Waals surface area contributed by atoms with Crippen LogP contribution in [0.5, 0.6) is 0 Å². The Labute approximate surface area is 130 Å². The van der Waals surface area contributed by atoms with Crippen LogP contribution < -0.4 is 0 Å². The zero-order valence-electron chi connectivity index (χ0n) is 13.0. The molecule has 4 heteroatoms. The van der Waals surface area contributed by atoms with E-state index in [1.165, 1.54) is 5.56 Å². The van der Waals surface area contributed by atoms with Crippen LogP contribution in [0.4, 0.5) is 0 Å². The van der Waals surface area contributed by atoms with Crippen molar-refractivity contribution in [2.24, 2.45) is 0 Å². The molecule has 0 N–H and O–H groups in total. The Morgan fingerprint density at radius 1 is 1.27 bits per heavy atom. The molecular formula is C18H20N2O2. The normalized spacial score (nSPS) is 13.9. The number of aromatic nitrogens is 1. The van der Waals surface area contributed by atoms with Gasteiger partial charge in [0, 0.05) is 17.5 Å². The van der Waals surface area contributed by atoms with E-state index >= 15 is 0 Å². The molecule has 1 heterocycles. The second kappa shape index (κ2) is 6.28. The molecule has 114 valence electrons. The van der Waals surface area contributed by atoms with Crippen LogP contribution in [0.1, 0.15) is 17.7 Å². The van der Waals surface area contributed by atoms with Crippen molar-refractivity contribution in [3.63, 3.8) is 0 Å². The number of hydrogen-bond donors (Lipinski definition) is 0. The number of ether oxygens (including phenoxy) is 1. The monoisotopic (exact) mass is 296 g/mol. The lowest BCUT2D eigenvalue weighted by molar-refractivity contribution is -0.139. The van der Waals surface area contributed by atoms with Gasteiger partial charge in [-0.1, -0.05) is 18.2 Å². The van der Waals surface area contributed by atoms with E-state index in [4.69, 9.17) is 4.74 Å². The second-order valence-corrected chi connectivity index (χ2v) is 5.83. The number of fused-ring (bicyclic) bond motifs is 2. The Morgan fingerprint density at radius 2 is 2.09 bits per heavy atom. The van der Waals surface area contributed by atoms with Crippen LogP contribution in [0.3, 0.4) is 0 Å². The van der Waals surface area contributed by atoms with Crippen molar-refractivity contribution in [3.8, 4) is 0 Å². The van der Waals surface area contributed by atoms with Gasteiger partial charge in [-0.3, -0.25) is 0 Å². The summed E-state index contributed by atoms with van der Waals surface area (Å²) in [6.45, 7) is 1.15. The van der Waals surface area contributed by atoms with Crippen LogP contribution in [-0.2, 0) is 16.0 Å². The van der Waals surface area contributed by atoms with E-state index in [0.717, 1.165) is 29.6 Å². The summed E-state index contributed by atoms with van der Waals surface area (Å²) in [5.41, 5.74) is 3.77. The van der Waals surface area contributed by atoms with Crippen molar-refractivity contribution in [1.29, 1.82) is 0 Å². The molecule has 22 heavy (non-hydrogen) atoms. The fourth-order valence-electron chi connectivity index (χ4n) is 2.58. The summed E-state index contributed by atoms with van der Waals surface area (Å²) in [6.07, 6.45) is 3.43. The van der Waals surface area contributed by atoms with Gasteiger partial charge in [-0.2, -0.15) is 0 Å². The lowest BCUT2D eigenvalue weighted by atomic mass is 9.94. The smallest absolute Gasteiger partial charge is 0.334 e. The molecule has 0 fully saturated rings. The SMILES string of the molecule is CN(C)CCOC(=O)C1=Cc2nc3ccccc3cc2CC1. The highest BCUT2D eigenvalue weighted by Gasteiger charge is 2.18. The number of esters is 1. The Bertz CT molecular complexity index is 735. The first kappa shape index (κ1) is 14.7. The largest absolute Gasteiger partial charge is 0.461 e. The zero-order valence-corrected chi connectivity index (χ0v) is 13.0. The fraction of sp³-hybridized carbons (Fsp3) is 0.333. The topological polar surface area (TPSA) is 42.4 Å². The lowest BCUT2D eigenvalue weighted by Crippen LogP contribution is -2.21. The standard InChI is InChI=1S/C18H20N2O2/c1-20(2)9-10-22-18(21)15-8-7-14-11-13-5-3-4-6-16(13)19-17(14)12-15/h3-6,11-12H,7-10H2,1-2H3. The van der Waals surface area contributed by atoms with Gasteiger partial charge in [0.25, 0.3) is 0 Å². The highest BCUT2D eigenvalue weighted by Crippen LogP contribution is 2.26. The van der Waals surface area contributed by atoms with E-state index in [1.54, 1.807) is 0 Å². The third kappa shape index (κ3) is 3.17. The predicted molar refractivity (Wildman–Crippen MR) is 87.6 cm³/mol. The van der Waals surface area contributed by atoms with Crippen LogP contribution in [0.25, 0.3) is 17.0 Å².